The fraction of sp³-hybridized carbons (Fsp3) is 0.333. The first-order valence-corrected chi connectivity index (χ1v) is 9.87. The Bertz CT molecular complexity index is 931. The highest BCUT2D eigenvalue weighted by atomic mass is 32.2. The minimum absolute atomic E-state index is 0.0252. The summed E-state index contributed by atoms with van der Waals surface area (Å²) in [6, 6.07) is 14.0. The first-order valence-electron chi connectivity index (χ1n) is 8.99. The second-order valence-corrected chi connectivity index (χ2v) is 7.85. The van der Waals surface area contributed by atoms with Crippen molar-refractivity contribution in [1.82, 2.24) is 9.55 Å². The zero-order valence-electron chi connectivity index (χ0n) is 16.2. The highest BCUT2D eigenvalue weighted by Crippen LogP contribution is 2.28. The number of nitrogens with one attached hydrogen (secondary N) is 1. The maximum Gasteiger partial charge on any atom is 0.237 e. The number of fused-ring (bicyclic) bond motifs is 1. The summed E-state index contributed by atoms with van der Waals surface area (Å²) in [4.78, 5) is 17.5. The van der Waals surface area contributed by atoms with E-state index in [1.165, 1.54) is 11.8 Å². The number of para-hydroxylation sites is 3. The zero-order chi connectivity index (χ0) is 19.4. The summed E-state index contributed by atoms with van der Waals surface area (Å²) in [6.45, 7) is 7.21. The van der Waals surface area contributed by atoms with Crippen LogP contribution in [0.5, 0.6) is 0 Å². The first kappa shape index (κ1) is 19.5. The summed E-state index contributed by atoms with van der Waals surface area (Å²) in [7, 11) is 1.69. The fourth-order valence-electron chi connectivity index (χ4n) is 2.99. The van der Waals surface area contributed by atoms with Crippen molar-refractivity contribution in [2.45, 2.75) is 37.7 Å². The lowest BCUT2D eigenvalue weighted by molar-refractivity contribution is -0.115. The molecule has 2 aromatic carbocycles. The van der Waals surface area contributed by atoms with E-state index in [-0.39, 0.29) is 11.2 Å². The van der Waals surface area contributed by atoms with Crippen molar-refractivity contribution in [1.29, 1.82) is 0 Å². The van der Waals surface area contributed by atoms with Gasteiger partial charge < -0.3 is 14.6 Å². The number of anilines is 1. The summed E-state index contributed by atoms with van der Waals surface area (Å²) in [6.07, 6.45) is 0. The van der Waals surface area contributed by atoms with Gasteiger partial charge in [0.25, 0.3) is 0 Å². The number of methoxy groups -OCH3 is 1. The largest absolute Gasteiger partial charge is 0.383 e. The summed E-state index contributed by atoms with van der Waals surface area (Å²) in [5, 5.41) is 3.63. The molecule has 0 fully saturated rings. The summed E-state index contributed by atoms with van der Waals surface area (Å²) in [5.41, 5.74) is 5.00. The molecule has 1 amide bonds. The molecule has 1 N–H and O–H groups in total. The third kappa shape index (κ3) is 4.34. The van der Waals surface area contributed by atoms with E-state index >= 15 is 0 Å². The van der Waals surface area contributed by atoms with Crippen LogP contribution in [0.15, 0.2) is 47.6 Å². The third-order valence-corrected chi connectivity index (χ3v) is 5.61. The Labute approximate surface area is 164 Å². The van der Waals surface area contributed by atoms with Crippen molar-refractivity contribution in [2.24, 2.45) is 0 Å². The maximum atomic E-state index is 12.8. The minimum atomic E-state index is -0.276. The van der Waals surface area contributed by atoms with Crippen LogP contribution in [-0.4, -0.2) is 34.4 Å². The van der Waals surface area contributed by atoms with E-state index in [9.17, 15) is 4.79 Å². The number of carbonyl (C=O) groups is 1. The van der Waals surface area contributed by atoms with Crippen LogP contribution in [0.3, 0.4) is 0 Å². The molecular weight excluding hydrogens is 358 g/mol. The average molecular weight is 384 g/mol. The molecule has 5 nitrogen and oxygen atoms in total. The van der Waals surface area contributed by atoms with Crippen molar-refractivity contribution in [3.05, 3.63) is 53.6 Å². The lowest BCUT2D eigenvalue weighted by atomic mass is 10.1. The van der Waals surface area contributed by atoms with Gasteiger partial charge in [-0.2, -0.15) is 0 Å². The molecule has 0 aliphatic heterocycles. The molecule has 0 aliphatic carbocycles. The van der Waals surface area contributed by atoms with Crippen LogP contribution >= 0.6 is 11.8 Å². The van der Waals surface area contributed by atoms with E-state index in [4.69, 9.17) is 9.72 Å². The van der Waals surface area contributed by atoms with Gasteiger partial charge >= 0.3 is 0 Å². The van der Waals surface area contributed by atoms with Gasteiger partial charge in [-0.05, 0) is 44.0 Å². The average Bonchev–Trinajstić information content (AvgIpc) is 3.00. The second-order valence-electron chi connectivity index (χ2n) is 6.54. The van der Waals surface area contributed by atoms with Gasteiger partial charge in [-0.3, -0.25) is 4.79 Å². The smallest absolute Gasteiger partial charge is 0.237 e. The summed E-state index contributed by atoms with van der Waals surface area (Å²) in [5.74, 6) is -0.0252. The highest BCUT2D eigenvalue weighted by molar-refractivity contribution is 8.00. The Hall–Kier alpha value is -2.31. The number of amides is 1. The Balaban J connectivity index is 1.80. The van der Waals surface area contributed by atoms with Crippen LogP contribution in [0.2, 0.25) is 0 Å². The van der Waals surface area contributed by atoms with E-state index in [1.54, 1.807) is 7.11 Å². The molecule has 1 aromatic heterocycles. The Morgan fingerprint density at radius 1 is 1.19 bits per heavy atom. The van der Waals surface area contributed by atoms with Gasteiger partial charge in [0.05, 0.1) is 22.9 Å². The number of imidazole rings is 1. The van der Waals surface area contributed by atoms with Crippen molar-refractivity contribution < 1.29 is 9.53 Å². The summed E-state index contributed by atoms with van der Waals surface area (Å²) >= 11 is 1.47. The van der Waals surface area contributed by atoms with E-state index in [2.05, 4.69) is 9.88 Å². The number of rotatable bonds is 7. The highest BCUT2D eigenvalue weighted by Gasteiger charge is 2.20. The molecule has 0 aliphatic rings. The lowest BCUT2D eigenvalue weighted by Crippen LogP contribution is -2.24. The number of aryl methyl sites for hydroxylation is 2. The number of thioether (sulfide) groups is 1. The van der Waals surface area contributed by atoms with Gasteiger partial charge in [0, 0.05) is 19.3 Å². The number of hydrogen-bond acceptors (Lipinski definition) is 4. The maximum absolute atomic E-state index is 12.8. The van der Waals surface area contributed by atoms with Gasteiger partial charge in [0.15, 0.2) is 5.16 Å². The molecule has 0 saturated heterocycles. The predicted molar refractivity (Wildman–Crippen MR) is 111 cm³/mol. The van der Waals surface area contributed by atoms with Crippen molar-refractivity contribution in [3.8, 4) is 0 Å². The van der Waals surface area contributed by atoms with E-state index in [0.717, 1.165) is 33.0 Å². The Kier molecular flexibility index (Phi) is 6.19. The Morgan fingerprint density at radius 2 is 1.89 bits per heavy atom. The number of carbonyl (C=O) groups excluding carboxylic acids is 1. The third-order valence-electron chi connectivity index (χ3n) is 4.52. The monoisotopic (exact) mass is 383 g/mol. The molecule has 142 valence electrons. The molecule has 3 rings (SSSR count). The molecule has 1 unspecified atom stereocenters. The van der Waals surface area contributed by atoms with Gasteiger partial charge in [0.2, 0.25) is 5.91 Å². The van der Waals surface area contributed by atoms with Crippen LogP contribution in [0.4, 0.5) is 5.69 Å². The van der Waals surface area contributed by atoms with Crippen molar-refractivity contribution in [3.63, 3.8) is 0 Å². The molecule has 1 heterocycles. The van der Waals surface area contributed by atoms with Crippen LogP contribution in [0.25, 0.3) is 11.0 Å². The molecule has 27 heavy (non-hydrogen) atoms. The van der Waals surface area contributed by atoms with Crippen LogP contribution in [0, 0.1) is 13.8 Å². The Morgan fingerprint density at radius 3 is 2.59 bits per heavy atom. The second kappa shape index (κ2) is 8.59. The topological polar surface area (TPSA) is 56.1 Å². The van der Waals surface area contributed by atoms with E-state index < -0.39 is 0 Å². The first-order chi connectivity index (χ1) is 13.0. The number of ether oxygens (including phenoxy) is 1. The van der Waals surface area contributed by atoms with Crippen molar-refractivity contribution >= 4 is 34.4 Å². The molecule has 0 radical (unpaired) electrons. The number of nitrogens with zero attached hydrogens (tertiary/aromatic N) is 2. The molecule has 3 aromatic rings. The van der Waals surface area contributed by atoms with Gasteiger partial charge in [0.1, 0.15) is 0 Å². The minimum Gasteiger partial charge on any atom is -0.383 e. The molecule has 0 spiro atoms. The molecule has 1 atom stereocenters. The van der Waals surface area contributed by atoms with Gasteiger partial charge in [-0.15, -0.1) is 0 Å². The van der Waals surface area contributed by atoms with E-state index in [0.29, 0.717) is 13.2 Å². The lowest BCUT2D eigenvalue weighted by Gasteiger charge is -2.16. The number of hydrogen-bond donors (Lipinski definition) is 1. The zero-order valence-corrected chi connectivity index (χ0v) is 17.0. The SMILES string of the molecule is COCCn1c(SC(C)C(=O)Nc2c(C)cccc2C)nc2ccccc21. The summed E-state index contributed by atoms with van der Waals surface area (Å²) < 4.78 is 7.36. The molecule has 0 bridgehead atoms. The number of aromatic nitrogens is 2. The normalized spacial score (nSPS) is 12.3. The van der Waals surface area contributed by atoms with Crippen LogP contribution in [0.1, 0.15) is 18.1 Å². The quantitative estimate of drug-likeness (QED) is 0.614. The molecule has 0 saturated carbocycles. The predicted octanol–water partition coefficient (Wildman–Crippen LogP) is 4.42. The van der Waals surface area contributed by atoms with Gasteiger partial charge in [-0.25, -0.2) is 4.98 Å². The van der Waals surface area contributed by atoms with Crippen LogP contribution in [-0.2, 0) is 16.1 Å². The van der Waals surface area contributed by atoms with Crippen LogP contribution < -0.4 is 5.32 Å². The molecular formula is C21H25N3O2S. The van der Waals surface area contributed by atoms with Gasteiger partial charge in [-0.1, -0.05) is 42.1 Å². The number of benzene rings is 2. The molecule has 6 heteroatoms. The standard InChI is InChI=1S/C21H25N3O2S/c1-14-8-7-9-15(2)19(14)23-20(25)16(3)27-21-22-17-10-5-6-11-18(17)24(21)12-13-26-4/h5-11,16H,12-13H2,1-4H3,(H,23,25). The van der Waals surface area contributed by atoms with Crippen molar-refractivity contribution in [2.75, 3.05) is 19.0 Å². The fourth-order valence-corrected chi connectivity index (χ4v) is 3.94. The van der Waals surface area contributed by atoms with E-state index in [1.807, 2.05) is 63.2 Å².